The zero-order chi connectivity index (χ0) is 23.0. The van der Waals surface area contributed by atoms with Crippen molar-refractivity contribution in [2.24, 2.45) is 0 Å². The average molecular weight is 445 g/mol. The minimum atomic E-state index is -1.64. The zero-order valence-corrected chi connectivity index (χ0v) is 20.0. The van der Waals surface area contributed by atoms with Gasteiger partial charge >= 0.3 is 6.09 Å². The van der Waals surface area contributed by atoms with E-state index in [1.165, 1.54) is 0 Å². The van der Waals surface area contributed by atoms with E-state index in [-0.39, 0.29) is 5.56 Å². The summed E-state index contributed by atoms with van der Waals surface area (Å²) in [5, 5.41) is 13.6. The van der Waals surface area contributed by atoms with E-state index in [0.717, 1.165) is 47.0 Å². The van der Waals surface area contributed by atoms with Crippen LogP contribution in [0, 0.1) is 11.5 Å². The van der Waals surface area contributed by atoms with Crippen molar-refractivity contribution in [2.75, 3.05) is 0 Å². The summed E-state index contributed by atoms with van der Waals surface area (Å²) in [4.78, 5) is 25.5. The summed E-state index contributed by atoms with van der Waals surface area (Å²) in [6, 6.07) is 13.0. The highest BCUT2D eigenvalue weighted by molar-refractivity contribution is 6.83. The Labute approximate surface area is 189 Å². The minimum absolute atomic E-state index is 0.146. The maximum atomic E-state index is 14.1. The van der Waals surface area contributed by atoms with Crippen LogP contribution in [0.25, 0.3) is 16.5 Å². The molecule has 1 aliphatic rings. The first-order valence-corrected chi connectivity index (χ1v) is 14.5. The molecule has 0 saturated carbocycles. The monoisotopic (exact) mass is 444 g/mol. The van der Waals surface area contributed by atoms with Gasteiger partial charge in [-0.1, -0.05) is 49.8 Å². The molecule has 32 heavy (non-hydrogen) atoms. The second-order valence-corrected chi connectivity index (χ2v) is 14.1. The molecule has 1 aliphatic carbocycles. The highest BCUT2D eigenvalue weighted by Crippen LogP contribution is 2.35. The van der Waals surface area contributed by atoms with Crippen LogP contribution in [-0.4, -0.2) is 23.8 Å². The van der Waals surface area contributed by atoms with Crippen LogP contribution in [0.3, 0.4) is 0 Å². The highest BCUT2D eigenvalue weighted by Gasteiger charge is 2.27. The number of carboxylic acid groups (broad SMARTS) is 1. The molecule has 0 radical (unpaired) electrons. The van der Waals surface area contributed by atoms with Crippen LogP contribution < -0.4 is 10.9 Å². The number of nitrogens with one attached hydrogen (secondary N) is 1. The standard InChI is InChI=1S/C26H28N2O3Si/c1-17(27-26(30)31)24-21-12-8-9-18-13-14-19(15-16-32(2,3)4)23(22(18)21)25(29)28(24)20-10-6-5-7-11-20/h5-7,10-11,13-14,17,27H,8-9,12H2,1-4H3,(H,30,31). The maximum Gasteiger partial charge on any atom is 0.405 e. The van der Waals surface area contributed by atoms with Gasteiger partial charge in [-0.2, -0.15) is 0 Å². The van der Waals surface area contributed by atoms with Crippen molar-refractivity contribution in [2.45, 2.75) is 51.9 Å². The number of amides is 1. The van der Waals surface area contributed by atoms with Crippen LogP contribution in [-0.2, 0) is 12.8 Å². The van der Waals surface area contributed by atoms with Crippen molar-refractivity contribution < 1.29 is 9.90 Å². The quantitative estimate of drug-likeness (QED) is 0.439. The molecule has 2 N–H and O–H groups in total. The number of pyridine rings is 1. The normalized spacial score (nSPS) is 13.9. The third-order valence-electron chi connectivity index (χ3n) is 5.77. The Morgan fingerprint density at radius 2 is 1.81 bits per heavy atom. The van der Waals surface area contributed by atoms with Crippen LogP contribution in [0.5, 0.6) is 0 Å². The number of rotatable bonds is 3. The third-order valence-corrected chi connectivity index (χ3v) is 6.65. The van der Waals surface area contributed by atoms with E-state index >= 15 is 0 Å². The molecule has 0 bridgehead atoms. The molecular formula is C26H28N2O3Si. The molecule has 2 aromatic carbocycles. The van der Waals surface area contributed by atoms with Crippen molar-refractivity contribution in [1.82, 2.24) is 9.88 Å². The molecule has 6 heteroatoms. The Hall–Kier alpha value is -3.30. The summed E-state index contributed by atoms with van der Waals surface area (Å²) >= 11 is 0. The molecule has 0 saturated heterocycles. The van der Waals surface area contributed by atoms with E-state index < -0.39 is 20.2 Å². The molecular weight excluding hydrogens is 416 g/mol. The van der Waals surface area contributed by atoms with Crippen LogP contribution in [0.1, 0.15) is 41.8 Å². The third kappa shape index (κ3) is 4.08. The van der Waals surface area contributed by atoms with Gasteiger partial charge in [-0.3, -0.25) is 9.36 Å². The Balaban J connectivity index is 2.16. The molecule has 1 heterocycles. The summed E-state index contributed by atoms with van der Waals surface area (Å²) in [5.41, 5.74) is 7.64. The van der Waals surface area contributed by atoms with E-state index in [1.54, 1.807) is 11.5 Å². The lowest BCUT2D eigenvalue weighted by Gasteiger charge is -2.27. The number of aromatic nitrogens is 1. The van der Waals surface area contributed by atoms with E-state index in [4.69, 9.17) is 0 Å². The van der Waals surface area contributed by atoms with Crippen LogP contribution >= 0.6 is 0 Å². The fourth-order valence-electron chi connectivity index (χ4n) is 4.51. The Bertz CT molecular complexity index is 1330. The fraction of sp³-hybridized carbons (Fsp3) is 0.308. The summed E-state index contributed by atoms with van der Waals surface area (Å²) in [5.74, 6) is 3.32. The smallest absolute Gasteiger partial charge is 0.405 e. The summed E-state index contributed by atoms with van der Waals surface area (Å²) in [7, 11) is -1.64. The summed E-state index contributed by atoms with van der Waals surface area (Å²) < 4.78 is 1.69. The van der Waals surface area contributed by atoms with Gasteiger partial charge in [0.05, 0.1) is 17.1 Å². The van der Waals surface area contributed by atoms with Crippen molar-refractivity contribution >= 4 is 24.9 Å². The van der Waals surface area contributed by atoms with Gasteiger partial charge in [0.25, 0.3) is 5.56 Å². The number of aryl methyl sites for hydroxylation is 2. The predicted molar refractivity (Wildman–Crippen MR) is 131 cm³/mol. The minimum Gasteiger partial charge on any atom is -0.465 e. The van der Waals surface area contributed by atoms with Crippen molar-refractivity contribution in [1.29, 1.82) is 0 Å². The molecule has 164 valence electrons. The van der Waals surface area contributed by atoms with E-state index in [0.29, 0.717) is 11.1 Å². The first-order valence-electron chi connectivity index (χ1n) is 11.0. The van der Waals surface area contributed by atoms with Crippen LogP contribution in [0.15, 0.2) is 47.3 Å². The lowest BCUT2D eigenvalue weighted by molar-refractivity contribution is 0.190. The first-order chi connectivity index (χ1) is 15.2. The molecule has 0 fully saturated rings. The Morgan fingerprint density at radius 1 is 1.09 bits per heavy atom. The molecule has 0 aliphatic heterocycles. The number of hydrogen-bond donors (Lipinski definition) is 2. The van der Waals surface area contributed by atoms with Crippen molar-refractivity contribution in [3.63, 3.8) is 0 Å². The van der Waals surface area contributed by atoms with Gasteiger partial charge in [0.15, 0.2) is 0 Å². The largest absolute Gasteiger partial charge is 0.465 e. The molecule has 4 rings (SSSR count). The topological polar surface area (TPSA) is 71.3 Å². The SMILES string of the molecule is CC(NC(=O)O)c1c2c3c(ccc(C#C[Si](C)(C)C)c3c(=O)n1-c1ccccc1)CCC2. The van der Waals surface area contributed by atoms with Crippen LogP contribution in [0.4, 0.5) is 4.79 Å². The van der Waals surface area contributed by atoms with Gasteiger partial charge < -0.3 is 10.4 Å². The molecule has 3 aromatic rings. The molecule has 1 amide bonds. The van der Waals surface area contributed by atoms with Crippen LogP contribution in [0.2, 0.25) is 19.6 Å². The highest BCUT2D eigenvalue weighted by atomic mass is 28.3. The van der Waals surface area contributed by atoms with E-state index in [9.17, 15) is 14.7 Å². The number of hydrogen-bond acceptors (Lipinski definition) is 2. The molecule has 1 atom stereocenters. The van der Waals surface area contributed by atoms with Gasteiger partial charge in [-0.15, -0.1) is 5.54 Å². The lowest BCUT2D eigenvalue weighted by Crippen LogP contribution is -2.33. The summed E-state index contributed by atoms with van der Waals surface area (Å²) in [6.45, 7) is 8.36. The Kier molecular flexibility index (Phi) is 5.70. The second-order valence-electron chi connectivity index (χ2n) is 9.39. The van der Waals surface area contributed by atoms with Gasteiger partial charge in [0.2, 0.25) is 0 Å². The maximum absolute atomic E-state index is 14.1. The second kappa shape index (κ2) is 8.32. The number of para-hydroxylation sites is 1. The van der Waals surface area contributed by atoms with Gasteiger partial charge in [0, 0.05) is 11.3 Å². The van der Waals surface area contributed by atoms with Crippen molar-refractivity contribution in [3.8, 4) is 17.2 Å². The molecule has 1 unspecified atom stereocenters. The fourth-order valence-corrected chi connectivity index (χ4v) is 5.02. The lowest BCUT2D eigenvalue weighted by atomic mass is 9.85. The average Bonchev–Trinajstić information content (AvgIpc) is 2.74. The number of carbonyl (C=O) groups is 1. The van der Waals surface area contributed by atoms with Gasteiger partial charge in [-0.05, 0) is 60.9 Å². The molecule has 0 spiro atoms. The number of benzene rings is 2. The van der Waals surface area contributed by atoms with E-state index in [2.05, 4.69) is 42.5 Å². The first kappa shape index (κ1) is 21.9. The predicted octanol–water partition coefficient (Wildman–Crippen LogP) is 5.04. The van der Waals surface area contributed by atoms with Gasteiger partial charge in [-0.25, -0.2) is 4.79 Å². The summed E-state index contributed by atoms with van der Waals surface area (Å²) in [6.07, 6.45) is 1.55. The zero-order valence-electron chi connectivity index (χ0n) is 19.0. The van der Waals surface area contributed by atoms with E-state index in [1.807, 2.05) is 36.4 Å². The van der Waals surface area contributed by atoms with Crippen molar-refractivity contribution in [3.05, 3.63) is 75.2 Å². The van der Waals surface area contributed by atoms with Gasteiger partial charge in [0.1, 0.15) is 8.07 Å². The molecule has 5 nitrogen and oxygen atoms in total. The number of nitrogens with zero attached hydrogens (tertiary/aromatic N) is 1. The molecule has 1 aromatic heterocycles. The Morgan fingerprint density at radius 3 is 2.47 bits per heavy atom.